The summed E-state index contributed by atoms with van der Waals surface area (Å²) in [6.07, 6.45) is 4.00. The molecule has 9 N–H and O–H groups in total. The van der Waals surface area contributed by atoms with Gasteiger partial charge in [-0.1, -0.05) is 60.1 Å². The number of nitrogens with zero attached hydrogens (tertiary/aromatic N) is 3. The third-order valence-electron chi connectivity index (χ3n) is 8.26. The number of unbranched alkanes of at least 4 members (excludes halogenated alkanes) is 1. The maximum atomic E-state index is 13.5. The van der Waals surface area contributed by atoms with E-state index in [0.29, 0.717) is 12.2 Å². The number of nitrogens with one attached hydrogen (secondary N) is 5. The number of carbonyl (C=O) groups excluding carboxylic acids is 3. The van der Waals surface area contributed by atoms with Crippen LogP contribution in [0.5, 0.6) is 0 Å². The Morgan fingerprint density at radius 1 is 0.870 bits per heavy atom. The summed E-state index contributed by atoms with van der Waals surface area (Å²) in [5, 5.41) is 20.9. The quantitative estimate of drug-likeness (QED) is 0.0473. The number of aromatic nitrogens is 2. The van der Waals surface area contributed by atoms with Crippen LogP contribution in [0.4, 0.5) is 22.1 Å². The van der Waals surface area contributed by atoms with Crippen molar-refractivity contribution in [2.24, 2.45) is 0 Å². The first-order valence-corrected chi connectivity index (χ1v) is 18.2. The normalized spacial score (nSPS) is 11.9. The zero-order valence-corrected chi connectivity index (χ0v) is 32.3. The Morgan fingerprint density at radius 2 is 1.50 bits per heavy atom. The average Bonchev–Trinajstić information content (AvgIpc) is 3.09. The minimum absolute atomic E-state index is 0.0846. The van der Waals surface area contributed by atoms with Crippen LogP contribution in [0.2, 0.25) is 5.15 Å². The summed E-state index contributed by atoms with van der Waals surface area (Å²) in [6, 6.07) is 19.2. The smallest absolute Gasteiger partial charge is 0.408 e. The van der Waals surface area contributed by atoms with Gasteiger partial charge in [0.1, 0.15) is 11.6 Å². The number of fused-ring (bicyclic) bond motifs is 1. The number of guanidine groups is 1. The molecular formula is C39H51ClN10O4. The second-order valence-corrected chi connectivity index (χ2v) is 14.7. The van der Waals surface area contributed by atoms with Crippen molar-refractivity contribution in [1.82, 2.24) is 30.8 Å². The van der Waals surface area contributed by atoms with E-state index < -0.39 is 23.6 Å². The number of amides is 3. The Hall–Kier alpha value is -5.47. The van der Waals surface area contributed by atoms with Gasteiger partial charge in [0.2, 0.25) is 5.91 Å². The number of nitrogens with two attached hydrogens (primary N) is 2. The highest BCUT2D eigenvalue weighted by molar-refractivity contribution is 6.31. The lowest BCUT2D eigenvalue weighted by molar-refractivity contribution is -0.118. The number of hydrogen-bond acceptors (Lipinski definition) is 10. The van der Waals surface area contributed by atoms with Gasteiger partial charge in [0.05, 0.1) is 0 Å². The zero-order valence-electron chi connectivity index (χ0n) is 31.5. The molecular weight excluding hydrogens is 708 g/mol. The molecule has 1 heterocycles. The monoisotopic (exact) mass is 758 g/mol. The van der Waals surface area contributed by atoms with Crippen molar-refractivity contribution in [3.05, 3.63) is 88.2 Å². The Kier molecular flexibility index (Phi) is 14.6. The lowest BCUT2D eigenvalue weighted by Gasteiger charge is -2.23. The number of benzene rings is 3. The van der Waals surface area contributed by atoms with Crippen molar-refractivity contribution >= 4 is 63.6 Å². The van der Waals surface area contributed by atoms with Gasteiger partial charge >= 0.3 is 6.09 Å². The summed E-state index contributed by atoms with van der Waals surface area (Å²) in [5.74, 6) is -1.52. The number of nitrogen functional groups attached to an aromatic ring is 2. The molecule has 3 amide bonds. The number of alkyl carbamates (subject to hydrolysis) is 1. The first-order valence-electron chi connectivity index (χ1n) is 17.8. The first-order chi connectivity index (χ1) is 25.6. The fourth-order valence-corrected chi connectivity index (χ4v) is 5.73. The van der Waals surface area contributed by atoms with E-state index >= 15 is 0 Å². The average molecular weight is 759 g/mol. The van der Waals surface area contributed by atoms with E-state index in [4.69, 9.17) is 33.2 Å². The van der Waals surface area contributed by atoms with Crippen LogP contribution in [0.15, 0.2) is 60.7 Å². The summed E-state index contributed by atoms with van der Waals surface area (Å²) in [5.41, 5.74) is 14.2. The van der Waals surface area contributed by atoms with E-state index in [1.54, 1.807) is 20.8 Å². The molecule has 0 spiro atoms. The Balaban J connectivity index is 1.31. The molecule has 4 aromatic rings. The summed E-state index contributed by atoms with van der Waals surface area (Å²) >= 11 is 5.84. The number of hydrogen-bond donors (Lipinski definition) is 7. The van der Waals surface area contributed by atoms with Crippen LogP contribution in [-0.4, -0.2) is 77.6 Å². The molecule has 54 heavy (non-hydrogen) atoms. The highest BCUT2D eigenvalue weighted by Gasteiger charge is 2.25. The van der Waals surface area contributed by atoms with Crippen LogP contribution in [0.25, 0.3) is 10.8 Å². The summed E-state index contributed by atoms with van der Waals surface area (Å²) in [6.45, 7) is 6.80. The second-order valence-electron chi connectivity index (χ2n) is 14.4. The molecule has 0 fully saturated rings. The minimum atomic E-state index is -0.872. The van der Waals surface area contributed by atoms with Crippen molar-refractivity contribution in [3.8, 4) is 0 Å². The number of carbonyl (C=O) groups is 3. The van der Waals surface area contributed by atoms with Crippen LogP contribution in [-0.2, 0) is 28.8 Å². The summed E-state index contributed by atoms with van der Waals surface area (Å²) in [7, 11) is 4.11. The molecule has 0 bridgehead atoms. The van der Waals surface area contributed by atoms with E-state index in [-0.39, 0.29) is 40.8 Å². The molecule has 3 aromatic carbocycles. The molecule has 0 radical (unpaired) electrons. The number of aryl methyl sites for hydroxylation is 2. The molecule has 288 valence electrons. The van der Waals surface area contributed by atoms with Gasteiger partial charge in [-0.3, -0.25) is 20.3 Å². The van der Waals surface area contributed by atoms with Crippen molar-refractivity contribution in [3.63, 3.8) is 0 Å². The van der Waals surface area contributed by atoms with Gasteiger partial charge in [-0.25, -0.2) is 14.8 Å². The largest absolute Gasteiger partial charge is 0.444 e. The fraction of sp³-hybridized carbons (Fsp3) is 0.385. The van der Waals surface area contributed by atoms with E-state index in [0.717, 1.165) is 60.5 Å². The minimum Gasteiger partial charge on any atom is -0.444 e. The maximum absolute atomic E-state index is 13.5. The van der Waals surface area contributed by atoms with Crippen molar-refractivity contribution in [2.45, 2.75) is 70.9 Å². The molecule has 0 aliphatic heterocycles. The van der Waals surface area contributed by atoms with Gasteiger partial charge in [-0.15, -0.1) is 0 Å². The van der Waals surface area contributed by atoms with Gasteiger partial charge in [-0.05, 0) is 113 Å². The van der Waals surface area contributed by atoms with Gasteiger partial charge in [0.15, 0.2) is 28.4 Å². The molecule has 15 heteroatoms. The molecule has 0 unspecified atom stereocenters. The molecule has 0 saturated carbocycles. The van der Waals surface area contributed by atoms with Gasteiger partial charge < -0.3 is 37.1 Å². The Bertz CT molecular complexity index is 1950. The third-order valence-corrected chi connectivity index (χ3v) is 8.54. The topological polar surface area (TPSA) is 213 Å². The molecule has 1 atom stereocenters. The molecule has 1 aromatic heterocycles. The fourth-order valence-electron chi connectivity index (χ4n) is 5.60. The first kappa shape index (κ1) is 41.3. The molecule has 0 aliphatic rings. The van der Waals surface area contributed by atoms with Crippen molar-refractivity contribution < 1.29 is 19.1 Å². The van der Waals surface area contributed by atoms with Gasteiger partial charge in [0.25, 0.3) is 5.91 Å². The van der Waals surface area contributed by atoms with Crippen LogP contribution in [0, 0.1) is 5.41 Å². The number of rotatable bonds is 15. The highest BCUT2D eigenvalue weighted by Crippen LogP contribution is 2.21. The lowest BCUT2D eigenvalue weighted by Crippen LogP contribution is -2.47. The predicted octanol–water partition coefficient (Wildman–Crippen LogP) is 5.29. The molecule has 0 aliphatic carbocycles. The molecule has 14 nitrogen and oxygen atoms in total. The highest BCUT2D eigenvalue weighted by atomic mass is 35.5. The standard InChI is InChI=1S/C39H51ClN10O4/c1-39(2,3)54-38(53)46-30(35(51)45-29-17-13-24(14-18-29)10-8-20-50(4)5)23-26-12-16-27-21-25(11-15-28(27)22-26)9-6-7-19-44-37(43)49-36(52)31-33(41)48-34(42)32(40)47-31/h11-18,21-22,30H,6-10,19-20,23H2,1-5H3,(H,45,51)(H,46,53)(H4,41,42,48)(H3,43,44,49,52)/t30-/m0/s1. The Morgan fingerprint density at radius 3 is 2.17 bits per heavy atom. The van der Waals surface area contributed by atoms with E-state index in [1.165, 1.54) is 5.56 Å². The van der Waals surface area contributed by atoms with Crippen molar-refractivity contribution in [1.29, 1.82) is 5.41 Å². The van der Waals surface area contributed by atoms with Gasteiger partial charge in [0, 0.05) is 18.7 Å². The third kappa shape index (κ3) is 13.2. The van der Waals surface area contributed by atoms with Crippen LogP contribution in [0.3, 0.4) is 0 Å². The Labute approximate surface area is 321 Å². The lowest BCUT2D eigenvalue weighted by atomic mass is 9.98. The van der Waals surface area contributed by atoms with Crippen LogP contribution < -0.4 is 32.7 Å². The molecule has 4 rings (SSSR count). The van der Waals surface area contributed by atoms with Crippen molar-refractivity contribution in [2.75, 3.05) is 44.0 Å². The summed E-state index contributed by atoms with van der Waals surface area (Å²) in [4.78, 5) is 48.5. The van der Waals surface area contributed by atoms with E-state index in [9.17, 15) is 14.4 Å². The zero-order chi connectivity index (χ0) is 39.4. The van der Waals surface area contributed by atoms with E-state index in [2.05, 4.69) is 62.4 Å². The van der Waals surface area contributed by atoms with E-state index in [1.807, 2.05) is 48.5 Å². The number of anilines is 3. The number of ether oxygens (including phenoxy) is 1. The van der Waals surface area contributed by atoms with Crippen LogP contribution in [0.1, 0.15) is 67.2 Å². The maximum Gasteiger partial charge on any atom is 0.408 e. The second kappa shape index (κ2) is 19.0. The van der Waals surface area contributed by atoms with Gasteiger partial charge in [-0.2, -0.15) is 0 Å². The number of halogens is 1. The summed E-state index contributed by atoms with van der Waals surface area (Å²) < 4.78 is 5.48. The van der Waals surface area contributed by atoms with Crippen LogP contribution >= 0.6 is 11.6 Å². The predicted molar refractivity (Wildman–Crippen MR) is 215 cm³/mol. The molecule has 0 saturated heterocycles. The SMILES string of the molecule is CN(C)CCCc1ccc(NC(=O)[C@H](Cc2ccc3cc(CCCCNC(=N)NC(=O)c4nc(Cl)c(N)nc4N)ccc3c2)NC(=O)OC(C)(C)C)cc1.